The number of carbonyl (C=O) groups is 1. The molecule has 0 aliphatic carbocycles. The Labute approximate surface area is 149 Å². The molecule has 0 radical (unpaired) electrons. The summed E-state index contributed by atoms with van der Waals surface area (Å²) >= 11 is 0. The van der Waals surface area contributed by atoms with Crippen LogP contribution >= 0.6 is 0 Å². The van der Waals surface area contributed by atoms with Crippen LogP contribution in [0.3, 0.4) is 0 Å². The SMILES string of the molecule is Cc1nc2c(-c3ccccc3)c(C)[nH]n2c(=O)c1C(=O)NC1=CCN=C1. The number of hydrogen-bond donors (Lipinski definition) is 2. The lowest BCUT2D eigenvalue weighted by Crippen LogP contribution is -2.33. The van der Waals surface area contributed by atoms with E-state index in [4.69, 9.17) is 0 Å². The number of nitrogens with zero attached hydrogens (tertiary/aromatic N) is 3. The molecule has 1 aliphatic rings. The van der Waals surface area contributed by atoms with Gasteiger partial charge in [-0.05, 0) is 25.5 Å². The number of aryl methyl sites for hydroxylation is 2. The van der Waals surface area contributed by atoms with Crippen molar-refractivity contribution in [2.75, 3.05) is 6.54 Å². The summed E-state index contributed by atoms with van der Waals surface area (Å²) < 4.78 is 1.33. The zero-order valence-electron chi connectivity index (χ0n) is 14.4. The van der Waals surface area contributed by atoms with Crippen molar-refractivity contribution in [2.45, 2.75) is 13.8 Å². The van der Waals surface area contributed by atoms with Gasteiger partial charge in [0.1, 0.15) is 5.56 Å². The van der Waals surface area contributed by atoms with Crippen LogP contribution in [0, 0.1) is 13.8 Å². The molecule has 7 nitrogen and oxygen atoms in total. The van der Waals surface area contributed by atoms with Gasteiger partial charge in [-0.3, -0.25) is 19.7 Å². The number of hydrogen-bond acceptors (Lipinski definition) is 4. The zero-order chi connectivity index (χ0) is 18.3. The number of benzene rings is 1. The fourth-order valence-electron chi connectivity index (χ4n) is 3.13. The largest absolute Gasteiger partial charge is 0.321 e. The highest BCUT2D eigenvalue weighted by Crippen LogP contribution is 2.26. The molecule has 3 heterocycles. The van der Waals surface area contributed by atoms with E-state index in [0.717, 1.165) is 16.8 Å². The molecular formula is C19H17N5O2. The maximum absolute atomic E-state index is 12.9. The van der Waals surface area contributed by atoms with Crippen LogP contribution in [-0.4, -0.2) is 33.3 Å². The monoisotopic (exact) mass is 347 g/mol. The highest BCUT2D eigenvalue weighted by Gasteiger charge is 2.22. The molecule has 2 aromatic heterocycles. The maximum Gasteiger partial charge on any atom is 0.285 e. The third kappa shape index (κ3) is 2.54. The van der Waals surface area contributed by atoms with Gasteiger partial charge in [-0.1, -0.05) is 30.3 Å². The third-order valence-corrected chi connectivity index (χ3v) is 4.34. The second-order valence-electron chi connectivity index (χ2n) is 6.12. The van der Waals surface area contributed by atoms with Crippen molar-refractivity contribution in [3.8, 4) is 11.1 Å². The quantitative estimate of drug-likeness (QED) is 0.759. The number of H-pyrrole nitrogens is 1. The number of nitrogens with one attached hydrogen (secondary N) is 2. The lowest BCUT2D eigenvalue weighted by Gasteiger charge is -2.07. The molecule has 3 aromatic rings. The van der Waals surface area contributed by atoms with E-state index >= 15 is 0 Å². The molecule has 4 rings (SSSR count). The van der Waals surface area contributed by atoms with Crippen molar-refractivity contribution >= 4 is 17.8 Å². The number of fused-ring (bicyclic) bond motifs is 1. The van der Waals surface area contributed by atoms with Gasteiger partial charge in [0.15, 0.2) is 5.65 Å². The van der Waals surface area contributed by atoms with Crippen molar-refractivity contribution in [3.05, 3.63) is 69.4 Å². The predicted octanol–water partition coefficient (Wildman–Crippen LogP) is 2.00. The molecule has 2 N–H and O–H groups in total. The van der Waals surface area contributed by atoms with E-state index in [2.05, 4.69) is 20.4 Å². The second-order valence-corrected chi connectivity index (χ2v) is 6.12. The van der Waals surface area contributed by atoms with Crippen LogP contribution in [0.15, 0.2) is 51.9 Å². The lowest BCUT2D eigenvalue weighted by atomic mass is 10.1. The van der Waals surface area contributed by atoms with Gasteiger partial charge in [0.2, 0.25) is 0 Å². The molecule has 0 saturated heterocycles. The van der Waals surface area contributed by atoms with Gasteiger partial charge in [0.05, 0.1) is 17.9 Å². The van der Waals surface area contributed by atoms with Crippen molar-refractivity contribution in [1.82, 2.24) is 19.9 Å². The molecule has 0 saturated carbocycles. The fourth-order valence-corrected chi connectivity index (χ4v) is 3.13. The summed E-state index contributed by atoms with van der Waals surface area (Å²) in [5.74, 6) is -0.484. The first-order valence-electron chi connectivity index (χ1n) is 8.25. The first-order valence-corrected chi connectivity index (χ1v) is 8.25. The molecule has 26 heavy (non-hydrogen) atoms. The van der Waals surface area contributed by atoms with Gasteiger partial charge in [-0.25, -0.2) is 9.50 Å². The molecule has 0 atom stereocenters. The Hall–Kier alpha value is -3.48. The van der Waals surface area contributed by atoms with E-state index in [1.165, 1.54) is 4.52 Å². The number of rotatable bonds is 3. The minimum absolute atomic E-state index is 0.0181. The van der Waals surface area contributed by atoms with Crippen molar-refractivity contribution in [1.29, 1.82) is 0 Å². The molecular weight excluding hydrogens is 330 g/mol. The van der Waals surface area contributed by atoms with Crippen LogP contribution in [-0.2, 0) is 0 Å². The van der Waals surface area contributed by atoms with Crippen molar-refractivity contribution in [2.24, 2.45) is 4.99 Å². The summed E-state index contributed by atoms with van der Waals surface area (Å²) in [7, 11) is 0. The first-order chi connectivity index (χ1) is 12.6. The minimum Gasteiger partial charge on any atom is -0.321 e. The molecule has 0 spiro atoms. The molecule has 0 bridgehead atoms. The summed E-state index contributed by atoms with van der Waals surface area (Å²) in [4.78, 5) is 34.1. The average Bonchev–Trinajstić information content (AvgIpc) is 3.23. The van der Waals surface area contributed by atoms with E-state index in [9.17, 15) is 9.59 Å². The normalized spacial score (nSPS) is 13.2. The van der Waals surface area contributed by atoms with Gasteiger partial charge in [-0.2, -0.15) is 0 Å². The topological polar surface area (TPSA) is 91.6 Å². The first kappa shape index (κ1) is 16.0. The molecule has 1 aliphatic heterocycles. The van der Waals surface area contributed by atoms with Crippen LogP contribution in [0.4, 0.5) is 0 Å². The van der Waals surface area contributed by atoms with Crippen molar-refractivity contribution in [3.63, 3.8) is 0 Å². The number of aromatic nitrogens is 3. The second kappa shape index (κ2) is 6.11. The smallest absolute Gasteiger partial charge is 0.285 e. The highest BCUT2D eigenvalue weighted by molar-refractivity contribution is 6.00. The predicted molar refractivity (Wildman–Crippen MR) is 99.6 cm³/mol. The van der Waals surface area contributed by atoms with Gasteiger partial charge >= 0.3 is 0 Å². The number of allylic oxidation sites excluding steroid dienone is 1. The summed E-state index contributed by atoms with van der Waals surface area (Å²) in [6.07, 6.45) is 3.35. The van der Waals surface area contributed by atoms with E-state index in [-0.39, 0.29) is 5.56 Å². The number of aliphatic imine (C=N–C) groups is 1. The van der Waals surface area contributed by atoms with Crippen LogP contribution in [0.25, 0.3) is 16.8 Å². The Morgan fingerprint density at radius 1 is 1.23 bits per heavy atom. The van der Waals surface area contributed by atoms with Gasteiger partial charge < -0.3 is 5.32 Å². The molecule has 0 fully saturated rings. The maximum atomic E-state index is 12.9. The average molecular weight is 347 g/mol. The Morgan fingerprint density at radius 3 is 2.69 bits per heavy atom. The zero-order valence-corrected chi connectivity index (χ0v) is 14.4. The Kier molecular flexibility index (Phi) is 3.76. The molecule has 1 aromatic carbocycles. The van der Waals surface area contributed by atoms with Crippen LogP contribution in [0.1, 0.15) is 21.7 Å². The van der Waals surface area contributed by atoms with Gasteiger partial charge in [-0.15, -0.1) is 0 Å². The summed E-state index contributed by atoms with van der Waals surface area (Å²) in [5.41, 5.74) is 3.70. The Bertz CT molecular complexity index is 1140. The van der Waals surface area contributed by atoms with E-state index in [1.807, 2.05) is 37.3 Å². The van der Waals surface area contributed by atoms with E-state index in [0.29, 0.717) is 23.6 Å². The summed E-state index contributed by atoms with van der Waals surface area (Å²) in [6, 6.07) is 9.72. The molecule has 7 heteroatoms. The van der Waals surface area contributed by atoms with Gasteiger partial charge in [0.25, 0.3) is 11.5 Å². The number of aromatic amines is 1. The highest BCUT2D eigenvalue weighted by atomic mass is 16.2. The van der Waals surface area contributed by atoms with Crippen LogP contribution < -0.4 is 10.9 Å². The van der Waals surface area contributed by atoms with E-state index in [1.54, 1.807) is 19.2 Å². The van der Waals surface area contributed by atoms with E-state index < -0.39 is 11.5 Å². The number of amides is 1. The molecule has 1 amide bonds. The molecule has 130 valence electrons. The fraction of sp³-hybridized carbons (Fsp3) is 0.158. The minimum atomic E-state index is -0.484. The standard InChI is InChI=1S/C19H17N5O2/c1-11-16(18(25)22-14-8-9-20-10-14)19(26)24-17(21-11)15(12(2)23-24)13-6-4-3-5-7-13/h3-8,10,23H,9H2,1-2H3,(H,22,25). The summed E-state index contributed by atoms with van der Waals surface area (Å²) in [6.45, 7) is 4.08. The van der Waals surface area contributed by atoms with Crippen molar-refractivity contribution < 1.29 is 4.79 Å². The molecule has 0 unspecified atom stereocenters. The lowest BCUT2D eigenvalue weighted by molar-refractivity contribution is 0.0965. The number of carbonyl (C=O) groups excluding carboxylic acids is 1. The van der Waals surface area contributed by atoms with Crippen LogP contribution in [0.5, 0.6) is 0 Å². The van der Waals surface area contributed by atoms with Gasteiger partial charge in [0, 0.05) is 17.5 Å². The Balaban J connectivity index is 1.87. The van der Waals surface area contributed by atoms with Crippen LogP contribution in [0.2, 0.25) is 0 Å². The Morgan fingerprint density at radius 2 is 2.00 bits per heavy atom. The third-order valence-electron chi connectivity index (χ3n) is 4.34. The summed E-state index contributed by atoms with van der Waals surface area (Å²) in [5, 5.41) is 5.73.